The van der Waals surface area contributed by atoms with Crippen molar-refractivity contribution in [2.45, 2.75) is 52.9 Å². The normalized spacial score (nSPS) is 12.8. The Hall–Kier alpha value is -0.570. The Kier molecular flexibility index (Phi) is 10.2. The number of ether oxygens (including phenoxy) is 2. The molecule has 102 valence electrons. The van der Waals surface area contributed by atoms with E-state index in [0.29, 0.717) is 19.1 Å². The summed E-state index contributed by atoms with van der Waals surface area (Å²) in [6.07, 6.45) is 5.76. The van der Waals surface area contributed by atoms with Gasteiger partial charge >= 0.3 is 5.97 Å². The van der Waals surface area contributed by atoms with E-state index in [9.17, 15) is 4.79 Å². The van der Waals surface area contributed by atoms with Gasteiger partial charge in [-0.25, -0.2) is 0 Å². The molecule has 0 spiro atoms. The lowest BCUT2D eigenvalue weighted by atomic mass is 9.89. The van der Waals surface area contributed by atoms with Crippen molar-refractivity contribution >= 4 is 5.97 Å². The van der Waals surface area contributed by atoms with Gasteiger partial charge in [-0.15, -0.1) is 0 Å². The van der Waals surface area contributed by atoms with Crippen molar-refractivity contribution in [1.82, 2.24) is 0 Å². The zero-order valence-corrected chi connectivity index (χ0v) is 11.8. The summed E-state index contributed by atoms with van der Waals surface area (Å²) >= 11 is 0. The Balaban J connectivity index is 3.92. The first-order chi connectivity index (χ1) is 8.15. The summed E-state index contributed by atoms with van der Waals surface area (Å²) in [6, 6.07) is 0. The van der Waals surface area contributed by atoms with Gasteiger partial charge < -0.3 is 9.47 Å². The quantitative estimate of drug-likeness (QED) is 0.436. The van der Waals surface area contributed by atoms with Crippen molar-refractivity contribution in [3.63, 3.8) is 0 Å². The second-order valence-corrected chi connectivity index (χ2v) is 4.74. The number of rotatable bonds is 10. The lowest BCUT2D eigenvalue weighted by molar-refractivity contribution is -0.149. The molecule has 3 heteroatoms. The Morgan fingerprint density at radius 3 is 2.18 bits per heavy atom. The van der Waals surface area contributed by atoms with Crippen LogP contribution in [0.25, 0.3) is 0 Å². The molecule has 0 aliphatic rings. The fraction of sp³-hybridized carbons (Fsp3) is 0.929. The number of carbonyl (C=O) groups excluding carboxylic acids is 1. The molecule has 0 fully saturated rings. The fourth-order valence-corrected chi connectivity index (χ4v) is 2.16. The summed E-state index contributed by atoms with van der Waals surface area (Å²) in [5.41, 5.74) is 0. The van der Waals surface area contributed by atoms with Crippen LogP contribution in [0.4, 0.5) is 0 Å². The van der Waals surface area contributed by atoms with Gasteiger partial charge in [0.15, 0.2) is 0 Å². The fourth-order valence-electron chi connectivity index (χ4n) is 2.16. The van der Waals surface area contributed by atoms with Gasteiger partial charge in [0.05, 0.1) is 12.5 Å². The van der Waals surface area contributed by atoms with E-state index < -0.39 is 0 Å². The SMILES string of the molecule is CCCC(CCC)CC(C)C(=O)OCCOC. The molecular weight excluding hydrogens is 216 g/mol. The number of hydrogen-bond acceptors (Lipinski definition) is 3. The molecule has 3 nitrogen and oxygen atoms in total. The molecule has 0 aromatic rings. The van der Waals surface area contributed by atoms with Gasteiger partial charge in [-0.1, -0.05) is 46.5 Å². The zero-order chi connectivity index (χ0) is 13.1. The molecule has 0 aromatic carbocycles. The molecule has 0 saturated heterocycles. The molecule has 17 heavy (non-hydrogen) atoms. The van der Waals surface area contributed by atoms with Crippen molar-refractivity contribution in [1.29, 1.82) is 0 Å². The van der Waals surface area contributed by atoms with Crippen LogP contribution in [-0.4, -0.2) is 26.3 Å². The largest absolute Gasteiger partial charge is 0.463 e. The molecule has 0 amide bonds. The number of esters is 1. The summed E-state index contributed by atoms with van der Waals surface area (Å²) < 4.78 is 9.99. The van der Waals surface area contributed by atoms with Crippen LogP contribution in [0.1, 0.15) is 52.9 Å². The first-order valence-corrected chi connectivity index (χ1v) is 6.81. The third-order valence-electron chi connectivity index (χ3n) is 3.01. The molecule has 0 rings (SSSR count). The van der Waals surface area contributed by atoms with Crippen molar-refractivity contribution < 1.29 is 14.3 Å². The first kappa shape index (κ1) is 16.4. The van der Waals surface area contributed by atoms with Gasteiger partial charge in [-0.05, 0) is 12.3 Å². The van der Waals surface area contributed by atoms with Crippen LogP contribution in [0.2, 0.25) is 0 Å². The molecule has 0 radical (unpaired) electrons. The molecule has 1 unspecified atom stereocenters. The minimum absolute atomic E-state index is 0.00922. The average molecular weight is 244 g/mol. The van der Waals surface area contributed by atoms with Crippen molar-refractivity contribution in [3.05, 3.63) is 0 Å². The summed E-state index contributed by atoms with van der Waals surface area (Å²) in [6.45, 7) is 7.21. The summed E-state index contributed by atoms with van der Waals surface area (Å²) in [5, 5.41) is 0. The highest BCUT2D eigenvalue weighted by atomic mass is 16.6. The molecule has 0 aromatic heterocycles. The topological polar surface area (TPSA) is 35.5 Å². The number of hydrogen-bond donors (Lipinski definition) is 0. The van der Waals surface area contributed by atoms with Gasteiger partial charge in [0, 0.05) is 7.11 Å². The van der Waals surface area contributed by atoms with Crippen LogP contribution >= 0.6 is 0 Å². The average Bonchev–Trinajstić information content (AvgIpc) is 2.29. The molecule has 0 aliphatic heterocycles. The van der Waals surface area contributed by atoms with E-state index in [1.807, 2.05) is 6.92 Å². The molecule has 0 saturated carbocycles. The van der Waals surface area contributed by atoms with Gasteiger partial charge in [-0.3, -0.25) is 4.79 Å². The molecular formula is C14H28O3. The minimum Gasteiger partial charge on any atom is -0.463 e. The highest BCUT2D eigenvalue weighted by Gasteiger charge is 2.19. The van der Waals surface area contributed by atoms with E-state index in [2.05, 4.69) is 13.8 Å². The van der Waals surface area contributed by atoms with E-state index >= 15 is 0 Å². The minimum atomic E-state index is -0.0840. The maximum atomic E-state index is 11.7. The van der Waals surface area contributed by atoms with Crippen LogP contribution in [0.5, 0.6) is 0 Å². The van der Waals surface area contributed by atoms with E-state index in [1.165, 1.54) is 25.7 Å². The first-order valence-electron chi connectivity index (χ1n) is 6.81. The molecule has 1 atom stereocenters. The van der Waals surface area contributed by atoms with Crippen LogP contribution in [0, 0.1) is 11.8 Å². The zero-order valence-electron chi connectivity index (χ0n) is 11.8. The molecule has 0 bridgehead atoms. The van der Waals surface area contributed by atoms with Gasteiger partial charge in [0.25, 0.3) is 0 Å². The summed E-state index contributed by atoms with van der Waals surface area (Å²) in [5.74, 6) is 0.587. The van der Waals surface area contributed by atoms with Crippen molar-refractivity contribution in [2.24, 2.45) is 11.8 Å². The van der Waals surface area contributed by atoms with Gasteiger partial charge in [-0.2, -0.15) is 0 Å². The van der Waals surface area contributed by atoms with Crippen LogP contribution in [0.3, 0.4) is 0 Å². The van der Waals surface area contributed by atoms with Crippen LogP contribution in [-0.2, 0) is 14.3 Å². The maximum Gasteiger partial charge on any atom is 0.308 e. The van der Waals surface area contributed by atoms with Crippen LogP contribution < -0.4 is 0 Å². The smallest absolute Gasteiger partial charge is 0.308 e. The summed E-state index contributed by atoms with van der Waals surface area (Å²) in [4.78, 5) is 11.7. The Bertz CT molecular complexity index is 186. The Labute approximate surface area is 106 Å². The summed E-state index contributed by atoms with van der Waals surface area (Å²) in [7, 11) is 1.61. The third kappa shape index (κ3) is 8.19. The highest BCUT2D eigenvalue weighted by Crippen LogP contribution is 2.22. The monoisotopic (exact) mass is 244 g/mol. The van der Waals surface area contributed by atoms with Crippen molar-refractivity contribution in [3.8, 4) is 0 Å². The van der Waals surface area contributed by atoms with E-state index in [4.69, 9.17) is 9.47 Å². The van der Waals surface area contributed by atoms with Gasteiger partial charge in [0.2, 0.25) is 0 Å². The van der Waals surface area contributed by atoms with E-state index in [-0.39, 0.29) is 11.9 Å². The third-order valence-corrected chi connectivity index (χ3v) is 3.01. The predicted molar refractivity (Wildman–Crippen MR) is 69.9 cm³/mol. The van der Waals surface area contributed by atoms with Crippen molar-refractivity contribution in [2.75, 3.05) is 20.3 Å². The predicted octanol–water partition coefficient (Wildman–Crippen LogP) is 3.42. The molecule has 0 N–H and O–H groups in total. The second-order valence-electron chi connectivity index (χ2n) is 4.74. The lowest BCUT2D eigenvalue weighted by Gasteiger charge is -2.19. The van der Waals surface area contributed by atoms with E-state index in [0.717, 1.165) is 6.42 Å². The van der Waals surface area contributed by atoms with E-state index in [1.54, 1.807) is 7.11 Å². The Morgan fingerprint density at radius 1 is 1.12 bits per heavy atom. The highest BCUT2D eigenvalue weighted by molar-refractivity contribution is 5.71. The number of carbonyl (C=O) groups is 1. The van der Waals surface area contributed by atoms with Gasteiger partial charge in [0.1, 0.15) is 6.61 Å². The Morgan fingerprint density at radius 2 is 1.71 bits per heavy atom. The molecule has 0 heterocycles. The maximum absolute atomic E-state index is 11.7. The second kappa shape index (κ2) is 10.6. The molecule has 0 aliphatic carbocycles. The van der Waals surface area contributed by atoms with Crippen LogP contribution in [0.15, 0.2) is 0 Å². The lowest BCUT2D eigenvalue weighted by Crippen LogP contribution is -2.20. The number of methoxy groups -OCH3 is 1. The standard InChI is InChI=1S/C14H28O3/c1-5-7-13(8-6-2)11-12(3)14(15)17-10-9-16-4/h12-13H,5-11H2,1-4H3.